The van der Waals surface area contributed by atoms with Gasteiger partial charge in [0.25, 0.3) is 5.91 Å². The van der Waals surface area contributed by atoms with E-state index in [1.807, 2.05) is 0 Å². The van der Waals surface area contributed by atoms with Crippen LogP contribution < -0.4 is 5.73 Å². The van der Waals surface area contributed by atoms with Crippen molar-refractivity contribution >= 4 is 29.3 Å². The van der Waals surface area contributed by atoms with Gasteiger partial charge in [-0.05, 0) is 25.1 Å². The number of anilines is 1. The van der Waals surface area contributed by atoms with Gasteiger partial charge in [-0.2, -0.15) is 0 Å². The first-order valence-electron chi connectivity index (χ1n) is 6.79. The van der Waals surface area contributed by atoms with Crippen molar-refractivity contribution in [2.75, 3.05) is 38.5 Å². The highest BCUT2D eigenvalue weighted by Gasteiger charge is 2.26. The molecule has 1 saturated heterocycles. The first-order chi connectivity index (χ1) is 10.0. The molecule has 0 radical (unpaired) electrons. The summed E-state index contributed by atoms with van der Waals surface area (Å²) in [7, 11) is 0. The average Bonchev–Trinajstić information content (AvgIpc) is 2.49. The lowest BCUT2D eigenvalue weighted by Crippen LogP contribution is -2.50. The molecule has 0 bridgehead atoms. The van der Waals surface area contributed by atoms with Gasteiger partial charge < -0.3 is 20.3 Å². The minimum atomic E-state index is -0.341. The molecule has 21 heavy (non-hydrogen) atoms. The molecule has 0 spiro atoms. The maximum absolute atomic E-state index is 12.4. The van der Waals surface area contributed by atoms with Crippen molar-refractivity contribution in [3.63, 3.8) is 0 Å². The van der Waals surface area contributed by atoms with Gasteiger partial charge >= 0.3 is 6.09 Å². The maximum Gasteiger partial charge on any atom is 0.409 e. The Labute approximate surface area is 128 Å². The number of benzene rings is 1. The topological polar surface area (TPSA) is 75.9 Å². The number of halogens is 1. The second-order valence-electron chi connectivity index (χ2n) is 4.71. The molecule has 0 aromatic heterocycles. The highest BCUT2D eigenvalue weighted by Crippen LogP contribution is 2.20. The third kappa shape index (κ3) is 3.58. The monoisotopic (exact) mass is 311 g/mol. The number of carbonyl (C=O) groups excluding carboxylic acids is 2. The number of ether oxygens (including phenoxy) is 1. The van der Waals surface area contributed by atoms with Crippen LogP contribution in [0.4, 0.5) is 10.5 Å². The second kappa shape index (κ2) is 6.67. The van der Waals surface area contributed by atoms with Crippen molar-refractivity contribution in [3.8, 4) is 0 Å². The van der Waals surface area contributed by atoms with Gasteiger partial charge in [-0.1, -0.05) is 11.6 Å². The van der Waals surface area contributed by atoms with Crippen LogP contribution in [0.2, 0.25) is 5.02 Å². The van der Waals surface area contributed by atoms with Gasteiger partial charge in [-0.15, -0.1) is 0 Å². The molecule has 114 valence electrons. The number of hydrogen-bond acceptors (Lipinski definition) is 4. The van der Waals surface area contributed by atoms with Gasteiger partial charge in [0.1, 0.15) is 0 Å². The molecule has 0 unspecified atom stereocenters. The summed E-state index contributed by atoms with van der Waals surface area (Å²) in [5, 5.41) is 0.470. The van der Waals surface area contributed by atoms with Crippen molar-refractivity contribution in [2.24, 2.45) is 0 Å². The predicted octanol–water partition coefficient (Wildman–Crippen LogP) is 1.84. The lowest BCUT2D eigenvalue weighted by molar-refractivity contribution is 0.0571. The Hall–Kier alpha value is -1.95. The zero-order valence-electron chi connectivity index (χ0n) is 11.8. The van der Waals surface area contributed by atoms with E-state index in [0.29, 0.717) is 49.1 Å². The van der Waals surface area contributed by atoms with E-state index < -0.39 is 0 Å². The average molecular weight is 312 g/mol. The molecule has 1 aromatic carbocycles. The molecule has 1 heterocycles. The van der Waals surface area contributed by atoms with E-state index in [0.717, 1.165) is 0 Å². The summed E-state index contributed by atoms with van der Waals surface area (Å²) in [5.41, 5.74) is 6.62. The van der Waals surface area contributed by atoms with Gasteiger partial charge in [-0.3, -0.25) is 4.79 Å². The zero-order valence-corrected chi connectivity index (χ0v) is 12.6. The van der Waals surface area contributed by atoms with Gasteiger partial charge in [0.05, 0.1) is 12.2 Å². The fraction of sp³-hybridized carbons (Fsp3) is 0.429. The summed E-state index contributed by atoms with van der Waals surface area (Å²) in [4.78, 5) is 27.3. The van der Waals surface area contributed by atoms with Crippen LogP contribution in [0.15, 0.2) is 18.2 Å². The van der Waals surface area contributed by atoms with Crippen LogP contribution in [0.3, 0.4) is 0 Å². The third-order valence-electron chi connectivity index (χ3n) is 3.34. The number of rotatable bonds is 2. The summed E-state index contributed by atoms with van der Waals surface area (Å²) in [6, 6.07) is 4.83. The van der Waals surface area contributed by atoms with E-state index in [1.165, 1.54) is 0 Å². The molecule has 0 saturated carbocycles. The highest BCUT2D eigenvalue weighted by molar-refractivity contribution is 6.31. The van der Waals surface area contributed by atoms with Crippen molar-refractivity contribution < 1.29 is 14.3 Å². The molecule has 7 heteroatoms. The Morgan fingerprint density at radius 2 is 1.86 bits per heavy atom. The molecule has 2 N–H and O–H groups in total. The fourth-order valence-electron chi connectivity index (χ4n) is 2.19. The number of amides is 2. The number of nitrogens with zero attached hydrogens (tertiary/aromatic N) is 2. The number of piperazine rings is 1. The molecule has 0 atom stereocenters. The summed E-state index contributed by atoms with van der Waals surface area (Å²) < 4.78 is 4.94. The first kappa shape index (κ1) is 15.4. The van der Waals surface area contributed by atoms with Crippen molar-refractivity contribution in [1.29, 1.82) is 0 Å². The Bertz CT molecular complexity index is 542. The minimum absolute atomic E-state index is 0.168. The largest absolute Gasteiger partial charge is 0.450 e. The molecule has 6 nitrogen and oxygen atoms in total. The number of nitrogen functional groups attached to an aromatic ring is 1. The zero-order chi connectivity index (χ0) is 15.4. The SMILES string of the molecule is CCOC(=O)N1CCN(C(=O)c2cc(Cl)ccc2N)CC1. The highest BCUT2D eigenvalue weighted by atomic mass is 35.5. The van der Waals surface area contributed by atoms with Gasteiger partial charge in [-0.25, -0.2) is 4.79 Å². The van der Waals surface area contributed by atoms with Gasteiger partial charge in [0.2, 0.25) is 0 Å². The third-order valence-corrected chi connectivity index (χ3v) is 3.57. The van der Waals surface area contributed by atoms with Gasteiger partial charge in [0.15, 0.2) is 0 Å². The second-order valence-corrected chi connectivity index (χ2v) is 5.15. The molecular weight excluding hydrogens is 294 g/mol. The Kier molecular flexibility index (Phi) is 4.90. The Balaban J connectivity index is 2.00. The van der Waals surface area contributed by atoms with Crippen LogP contribution in [0.1, 0.15) is 17.3 Å². The molecule has 1 aliphatic rings. The van der Waals surface area contributed by atoms with E-state index in [9.17, 15) is 9.59 Å². The standard InChI is InChI=1S/C14H18ClN3O3/c1-2-21-14(20)18-7-5-17(6-8-18)13(19)11-9-10(15)3-4-12(11)16/h3-4,9H,2,5-8,16H2,1H3. The fourth-order valence-corrected chi connectivity index (χ4v) is 2.36. The van der Waals surface area contributed by atoms with Crippen molar-refractivity contribution in [1.82, 2.24) is 9.80 Å². The Morgan fingerprint density at radius 3 is 2.48 bits per heavy atom. The summed E-state index contributed by atoms with van der Waals surface area (Å²) in [5.74, 6) is -0.168. The van der Waals surface area contributed by atoms with E-state index in [1.54, 1.807) is 34.9 Å². The van der Waals surface area contributed by atoms with Crippen LogP contribution in [-0.2, 0) is 4.74 Å². The maximum atomic E-state index is 12.4. The molecule has 1 aromatic rings. The molecule has 1 aliphatic heterocycles. The van der Waals surface area contributed by atoms with E-state index >= 15 is 0 Å². The van der Waals surface area contributed by atoms with Crippen molar-refractivity contribution in [3.05, 3.63) is 28.8 Å². The van der Waals surface area contributed by atoms with E-state index in [2.05, 4.69) is 0 Å². The normalized spacial score (nSPS) is 15.0. The number of carbonyl (C=O) groups is 2. The van der Waals surface area contributed by atoms with Crippen LogP contribution in [-0.4, -0.2) is 54.6 Å². The van der Waals surface area contributed by atoms with Gasteiger partial charge in [0, 0.05) is 36.9 Å². The molecule has 2 rings (SSSR count). The molecule has 2 amide bonds. The lowest BCUT2D eigenvalue weighted by Gasteiger charge is -2.34. The molecule has 0 aliphatic carbocycles. The predicted molar refractivity (Wildman–Crippen MR) is 80.4 cm³/mol. The van der Waals surface area contributed by atoms with Crippen molar-refractivity contribution in [2.45, 2.75) is 6.92 Å². The lowest BCUT2D eigenvalue weighted by atomic mass is 10.1. The number of nitrogens with two attached hydrogens (primary N) is 1. The van der Waals surface area contributed by atoms with Crippen LogP contribution in [0.25, 0.3) is 0 Å². The quantitative estimate of drug-likeness (QED) is 0.846. The van der Waals surface area contributed by atoms with Crippen LogP contribution in [0.5, 0.6) is 0 Å². The Morgan fingerprint density at radius 1 is 1.24 bits per heavy atom. The van der Waals surface area contributed by atoms with E-state index in [-0.39, 0.29) is 12.0 Å². The molecule has 1 fully saturated rings. The van der Waals surface area contributed by atoms with Crippen LogP contribution >= 0.6 is 11.6 Å². The summed E-state index contributed by atoms with van der Waals surface area (Å²) in [6.45, 7) is 3.90. The summed E-state index contributed by atoms with van der Waals surface area (Å²) >= 11 is 5.90. The number of hydrogen-bond donors (Lipinski definition) is 1. The summed E-state index contributed by atoms with van der Waals surface area (Å²) in [6.07, 6.45) is -0.341. The minimum Gasteiger partial charge on any atom is -0.450 e. The molecular formula is C14H18ClN3O3. The first-order valence-corrected chi connectivity index (χ1v) is 7.16. The van der Waals surface area contributed by atoms with Crippen LogP contribution in [0, 0.1) is 0 Å². The van der Waals surface area contributed by atoms with E-state index in [4.69, 9.17) is 22.1 Å². The smallest absolute Gasteiger partial charge is 0.409 e.